The molecule has 18 heavy (non-hydrogen) atoms. The summed E-state index contributed by atoms with van der Waals surface area (Å²) in [6, 6.07) is 3.27. The van der Waals surface area contributed by atoms with Gasteiger partial charge in [-0.1, -0.05) is 17.7 Å². The van der Waals surface area contributed by atoms with Gasteiger partial charge in [-0.05, 0) is 31.9 Å². The fourth-order valence-electron chi connectivity index (χ4n) is 3.46. The predicted octanol–water partition coefficient (Wildman–Crippen LogP) is 2.03. The molecule has 3 rings (SSSR count). The summed E-state index contributed by atoms with van der Waals surface area (Å²) in [5.74, 6) is 0.208. The molecule has 0 unspecified atom stereocenters. The molecule has 0 amide bonds. The molecular weight excluding hydrogens is 226 g/mol. The van der Waals surface area contributed by atoms with Gasteiger partial charge in [-0.15, -0.1) is 0 Å². The molecule has 0 aliphatic heterocycles. The number of hydrogen-bond donors (Lipinski definition) is 2. The Balaban J connectivity index is 2.28. The van der Waals surface area contributed by atoms with E-state index in [0.29, 0.717) is 6.42 Å². The van der Waals surface area contributed by atoms with Crippen LogP contribution >= 0.6 is 0 Å². The highest BCUT2D eigenvalue weighted by Crippen LogP contribution is 2.49. The summed E-state index contributed by atoms with van der Waals surface area (Å²) in [6.07, 6.45) is 5.60. The van der Waals surface area contributed by atoms with Crippen molar-refractivity contribution in [2.75, 3.05) is 0 Å². The van der Waals surface area contributed by atoms with Crippen molar-refractivity contribution in [1.29, 1.82) is 0 Å². The van der Waals surface area contributed by atoms with Gasteiger partial charge in [0.05, 0.1) is 0 Å². The Hall–Kier alpha value is -1.61. The number of H-pyrrole nitrogens is 1. The highest BCUT2D eigenvalue weighted by molar-refractivity contribution is 5.47. The number of nitrogens with one attached hydrogen (secondary N) is 1. The molecule has 1 aromatic heterocycles. The minimum atomic E-state index is -0.934. The van der Waals surface area contributed by atoms with Crippen molar-refractivity contribution in [2.24, 2.45) is 5.92 Å². The van der Waals surface area contributed by atoms with Crippen LogP contribution in [0.5, 0.6) is 0 Å². The third-order valence-corrected chi connectivity index (χ3v) is 4.08. The molecule has 0 radical (unpaired) electrons. The largest absolute Gasteiger partial charge is 0.380 e. The summed E-state index contributed by atoms with van der Waals surface area (Å²) in [5, 5.41) is 11.0. The van der Waals surface area contributed by atoms with Crippen molar-refractivity contribution in [3.8, 4) is 0 Å². The number of aromatic nitrogens is 1. The molecule has 2 bridgehead atoms. The first kappa shape index (κ1) is 11.5. The maximum atomic E-state index is 11.4. The van der Waals surface area contributed by atoms with Gasteiger partial charge in [-0.3, -0.25) is 4.79 Å². The van der Waals surface area contributed by atoms with Crippen LogP contribution in [0.15, 0.2) is 40.2 Å². The lowest BCUT2D eigenvalue weighted by atomic mass is 9.65. The van der Waals surface area contributed by atoms with Crippen LogP contribution in [0, 0.1) is 5.92 Å². The highest BCUT2D eigenvalue weighted by atomic mass is 16.3. The first-order chi connectivity index (χ1) is 8.54. The molecule has 94 valence electrons. The lowest BCUT2D eigenvalue weighted by Gasteiger charge is -2.44. The minimum absolute atomic E-state index is 0.0972. The van der Waals surface area contributed by atoms with Crippen molar-refractivity contribution < 1.29 is 5.11 Å². The Morgan fingerprint density at radius 2 is 2.28 bits per heavy atom. The summed E-state index contributed by atoms with van der Waals surface area (Å²) >= 11 is 0. The summed E-state index contributed by atoms with van der Waals surface area (Å²) in [6.45, 7) is 4.03. The van der Waals surface area contributed by atoms with Gasteiger partial charge in [0.1, 0.15) is 5.60 Å². The summed E-state index contributed by atoms with van der Waals surface area (Å²) in [4.78, 5) is 14.3. The number of hydrogen-bond acceptors (Lipinski definition) is 2. The van der Waals surface area contributed by atoms with E-state index in [0.717, 1.165) is 23.3 Å². The Kier molecular flexibility index (Phi) is 2.35. The van der Waals surface area contributed by atoms with Crippen molar-refractivity contribution in [3.63, 3.8) is 0 Å². The quantitative estimate of drug-likeness (QED) is 0.685. The Morgan fingerprint density at radius 1 is 1.50 bits per heavy atom. The summed E-state index contributed by atoms with van der Waals surface area (Å²) in [7, 11) is 0. The highest BCUT2D eigenvalue weighted by Gasteiger charge is 2.45. The van der Waals surface area contributed by atoms with Crippen LogP contribution < -0.4 is 5.56 Å². The number of rotatable bonds is 0. The standard InChI is InChI=1S/C15H17NO2/c1-3-11-10-6-9(2)8-15(11,18)12-4-5-14(17)16-13(12)7-10/h3-6,10,18H,7-8H2,1-2H3,(H,16,17)/t10-,15+/m1/s1. The van der Waals surface area contributed by atoms with E-state index < -0.39 is 5.60 Å². The van der Waals surface area contributed by atoms with Crippen molar-refractivity contribution in [3.05, 3.63) is 57.0 Å². The van der Waals surface area contributed by atoms with Crippen LogP contribution in [0.2, 0.25) is 0 Å². The molecule has 0 fully saturated rings. The third-order valence-electron chi connectivity index (χ3n) is 4.08. The second kappa shape index (κ2) is 3.69. The Labute approximate surface area is 106 Å². The SMILES string of the molecule is CC=C1[C@@H]2C=C(C)C[C@@]1(O)c1ccc(=O)[nH]c1C2. The average Bonchev–Trinajstić information content (AvgIpc) is 2.26. The number of fused-ring (bicyclic) bond motifs is 4. The van der Waals surface area contributed by atoms with E-state index in [-0.39, 0.29) is 11.5 Å². The number of aliphatic hydroxyl groups is 1. The topological polar surface area (TPSA) is 53.1 Å². The monoisotopic (exact) mass is 243 g/mol. The van der Waals surface area contributed by atoms with E-state index in [2.05, 4.69) is 18.0 Å². The molecular formula is C15H17NO2. The van der Waals surface area contributed by atoms with Gasteiger partial charge in [0.2, 0.25) is 5.56 Å². The molecule has 0 saturated heterocycles. The lowest BCUT2D eigenvalue weighted by molar-refractivity contribution is 0.0547. The van der Waals surface area contributed by atoms with Crippen LogP contribution in [-0.4, -0.2) is 10.1 Å². The Morgan fingerprint density at radius 3 is 3.00 bits per heavy atom. The van der Waals surface area contributed by atoms with Crippen molar-refractivity contribution in [2.45, 2.75) is 32.3 Å². The van der Waals surface area contributed by atoms with Gasteiger partial charge in [0, 0.05) is 29.7 Å². The molecule has 1 aromatic rings. The average molecular weight is 243 g/mol. The van der Waals surface area contributed by atoms with Gasteiger partial charge in [0.15, 0.2) is 0 Å². The number of pyridine rings is 1. The molecule has 2 aliphatic carbocycles. The van der Waals surface area contributed by atoms with Gasteiger partial charge in [-0.25, -0.2) is 0 Å². The van der Waals surface area contributed by atoms with Crippen LogP contribution in [-0.2, 0) is 12.0 Å². The molecule has 2 aliphatic rings. The van der Waals surface area contributed by atoms with E-state index in [4.69, 9.17) is 0 Å². The Bertz CT molecular complexity index is 624. The molecule has 2 atom stereocenters. The van der Waals surface area contributed by atoms with Crippen LogP contribution in [0.3, 0.4) is 0 Å². The van der Waals surface area contributed by atoms with E-state index >= 15 is 0 Å². The predicted molar refractivity (Wildman–Crippen MR) is 70.3 cm³/mol. The van der Waals surface area contributed by atoms with Gasteiger partial charge < -0.3 is 10.1 Å². The molecule has 0 saturated carbocycles. The molecule has 2 N–H and O–H groups in total. The fourth-order valence-corrected chi connectivity index (χ4v) is 3.46. The summed E-state index contributed by atoms with van der Waals surface area (Å²) in [5.41, 5.74) is 2.98. The van der Waals surface area contributed by atoms with Gasteiger partial charge in [-0.2, -0.15) is 0 Å². The van der Waals surface area contributed by atoms with E-state index in [1.54, 1.807) is 6.07 Å². The molecule has 0 spiro atoms. The molecule has 1 heterocycles. The zero-order valence-electron chi connectivity index (χ0n) is 10.7. The van der Waals surface area contributed by atoms with Crippen LogP contribution in [0.1, 0.15) is 31.5 Å². The third kappa shape index (κ3) is 1.44. The second-order valence-corrected chi connectivity index (χ2v) is 5.32. The second-order valence-electron chi connectivity index (χ2n) is 5.32. The number of allylic oxidation sites excluding steroid dienone is 2. The number of aromatic amines is 1. The zero-order valence-corrected chi connectivity index (χ0v) is 10.7. The zero-order chi connectivity index (χ0) is 12.9. The summed E-state index contributed by atoms with van der Waals surface area (Å²) < 4.78 is 0. The minimum Gasteiger partial charge on any atom is -0.380 e. The first-order valence-electron chi connectivity index (χ1n) is 6.33. The van der Waals surface area contributed by atoms with Gasteiger partial charge >= 0.3 is 0 Å². The van der Waals surface area contributed by atoms with Crippen LogP contribution in [0.25, 0.3) is 0 Å². The lowest BCUT2D eigenvalue weighted by Crippen LogP contribution is -2.41. The molecule has 3 heteroatoms. The maximum Gasteiger partial charge on any atom is 0.248 e. The molecule has 3 nitrogen and oxygen atoms in total. The molecule has 0 aromatic carbocycles. The van der Waals surface area contributed by atoms with E-state index in [1.807, 2.05) is 13.0 Å². The maximum absolute atomic E-state index is 11.4. The van der Waals surface area contributed by atoms with Crippen molar-refractivity contribution in [1.82, 2.24) is 4.98 Å². The van der Waals surface area contributed by atoms with E-state index in [1.165, 1.54) is 11.6 Å². The van der Waals surface area contributed by atoms with Crippen LogP contribution in [0.4, 0.5) is 0 Å². The fraction of sp³-hybridized carbons (Fsp3) is 0.400. The smallest absolute Gasteiger partial charge is 0.248 e. The van der Waals surface area contributed by atoms with E-state index in [9.17, 15) is 9.90 Å². The van der Waals surface area contributed by atoms with Crippen molar-refractivity contribution >= 4 is 0 Å². The van der Waals surface area contributed by atoms with Gasteiger partial charge in [0.25, 0.3) is 0 Å². The normalized spacial score (nSPS) is 32.1. The first-order valence-corrected chi connectivity index (χ1v) is 6.33.